The van der Waals surface area contributed by atoms with Gasteiger partial charge in [0, 0.05) is 11.9 Å². The largest absolute Gasteiger partial charge is 0.452 e. The monoisotopic (exact) mass is 384 g/mol. The molecule has 4 atom stereocenters. The average Bonchev–Trinajstić information content (AvgIpc) is 2.70. The lowest BCUT2D eigenvalue weighted by Crippen LogP contribution is -2.42. The lowest BCUT2D eigenvalue weighted by atomic mass is 9.74. The average molecular weight is 384 g/mol. The zero-order valence-electron chi connectivity index (χ0n) is 16.7. The van der Waals surface area contributed by atoms with Gasteiger partial charge in [-0.05, 0) is 42.7 Å². The molecule has 6 heteroatoms. The molecule has 0 heterocycles. The molecule has 0 bridgehead atoms. The maximum Gasteiger partial charge on any atom is 0.406 e. The minimum atomic E-state index is -0.549. The first kappa shape index (κ1) is 22.2. The topological polar surface area (TPSA) is 75.6 Å². The van der Waals surface area contributed by atoms with E-state index in [0.29, 0.717) is 6.42 Å². The summed E-state index contributed by atoms with van der Waals surface area (Å²) in [6, 6.07) is 9.63. The van der Waals surface area contributed by atoms with Crippen LogP contribution < -0.4 is 5.32 Å². The van der Waals surface area contributed by atoms with Crippen LogP contribution in [0.1, 0.15) is 44.6 Å². The summed E-state index contributed by atoms with van der Waals surface area (Å²) in [6.45, 7) is 5.98. The van der Waals surface area contributed by atoms with Gasteiger partial charge in [0.15, 0.2) is 5.78 Å². The minimum absolute atomic E-state index is 0.0499. The number of allylic oxidation sites excluding steroid dienone is 1. The molecule has 1 aromatic carbocycles. The van der Waals surface area contributed by atoms with E-state index in [1.54, 1.807) is 0 Å². The highest BCUT2D eigenvalue weighted by Crippen LogP contribution is 2.33. The second-order valence-electron chi connectivity index (χ2n) is 7.66. The van der Waals surface area contributed by atoms with E-state index in [2.05, 4.69) is 18.8 Å². The molecule has 1 radical (unpaired) electrons. The summed E-state index contributed by atoms with van der Waals surface area (Å²) in [5.74, 6) is -0.193. The number of alkyl carbamates (subject to hydrolysis) is 1. The quantitative estimate of drug-likeness (QED) is 0.532. The lowest BCUT2D eigenvalue weighted by molar-refractivity contribution is -0.121. The van der Waals surface area contributed by atoms with Crippen molar-refractivity contribution >= 4 is 19.4 Å². The van der Waals surface area contributed by atoms with Crippen LogP contribution in [-0.4, -0.2) is 36.9 Å². The molecule has 151 valence electrons. The van der Waals surface area contributed by atoms with Crippen molar-refractivity contribution in [3.63, 3.8) is 0 Å². The summed E-state index contributed by atoms with van der Waals surface area (Å²) in [5.41, 5.74) is 1.01. The van der Waals surface area contributed by atoms with Crippen molar-refractivity contribution in [1.29, 1.82) is 0 Å². The minimum Gasteiger partial charge on any atom is -0.452 e. The molecule has 0 saturated heterocycles. The summed E-state index contributed by atoms with van der Waals surface area (Å²) in [6.07, 6.45) is 6.39. The molecule has 2 rings (SSSR count). The molecule has 1 amide bonds. The highest BCUT2D eigenvalue weighted by atomic mass is 16.5. The van der Waals surface area contributed by atoms with Crippen LogP contribution in [0, 0.1) is 17.8 Å². The maximum absolute atomic E-state index is 12.2. The van der Waals surface area contributed by atoms with Crippen molar-refractivity contribution in [2.24, 2.45) is 17.8 Å². The molecule has 1 saturated carbocycles. The van der Waals surface area contributed by atoms with Crippen LogP contribution in [0.4, 0.5) is 4.79 Å². The van der Waals surface area contributed by atoms with Crippen molar-refractivity contribution in [2.45, 2.75) is 51.4 Å². The van der Waals surface area contributed by atoms with E-state index >= 15 is 0 Å². The molecular weight excluding hydrogens is 353 g/mol. The van der Waals surface area contributed by atoms with Crippen molar-refractivity contribution in [2.75, 3.05) is 6.61 Å². The Morgan fingerprint density at radius 1 is 1.29 bits per heavy atom. The number of carbonyl (C=O) groups excluding carboxylic acids is 2. The van der Waals surface area contributed by atoms with Crippen molar-refractivity contribution in [1.82, 2.24) is 5.32 Å². The van der Waals surface area contributed by atoms with E-state index in [4.69, 9.17) is 4.74 Å². The molecule has 28 heavy (non-hydrogen) atoms. The maximum atomic E-state index is 12.2. The van der Waals surface area contributed by atoms with Crippen LogP contribution in [0.25, 0.3) is 0 Å². The van der Waals surface area contributed by atoms with Crippen molar-refractivity contribution in [3.8, 4) is 0 Å². The Balaban J connectivity index is 1.88. The zero-order valence-corrected chi connectivity index (χ0v) is 16.7. The highest BCUT2D eigenvalue weighted by Gasteiger charge is 2.31. The molecule has 1 fully saturated rings. The molecule has 1 aromatic rings. The smallest absolute Gasteiger partial charge is 0.406 e. The molecule has 5 nitrogen and oxygen atoms in total. The molecule has 2 unspecified atom stereocenters. The number of benzene rings is 1. The molecule has 0 aliphatic heterocycles. The van der Waals surface area contributed by atoms with E-state index in [0.717, 1.165) is 45.1 Å². The first-order valence-electron chi connectivity index (χ1n) is 10.2. The number of nitrogens with one attached hydrogen (secondary N) is 1. The Bertz CT molecular complexity index is 637. The van der Waals surface area contributed by atoms with Gasteiger partial charge in [-0.15, -0.1) is 0 Å². The van der Waals surface area contributed by atoms with Crippen LogP contribution in [0.15, 0.2) is 43.0 Å². The number of carbonyl (C=O) groups is 2. The predicted octanol–water partition coefficient (Wildman–Crippen LogP) is 3.48. The van der Waals surface area contributed by atoms with Crippen LogP contribution in [0.5, 0.6) is 0 Å². The lowest BCUT2D eigenvalue weighted by Gasteiger charge is -2.32. The fourth-order valence-corrected chi connectivity index (χ4v) is 3.97. The van der Waals surface area contributed by atoms with Crippen LogP contribution in [0.3, 0.4) is 0 Å². The van der Waals surface area contributed by atoms with Gasteiger partial charge in [0.25, 0.3) is 0 Å². The zero-order chi connectivity index (χ0) is 20.4. The van der Waals surface area contributed by atoms with Gasteiger partial charge in [-0.2, -0.15) is 0 Å². The molecule has 1 aliphatic carbocycles. The second kappa shape index (κ2) is 11.7. The third kappa shape index (κ3) is 6.82. The number of ketones is 1. The number of ether oxygens (including phenoxy) is 1. The van der Waals surface area contributed by atoms with Gasteiger partial charge in [0.1, 0.15) is 0 Å². The SMILES string of the molecule is C=CC(=O)C1CCCCC[C@H](COC(=O)N[C@H]([B]O)Cc2ccccc2)C1C. The summed E-state index contributed by atoms with van der Waals surface area (Å²) < 4.78 is 5.46. The van der Waals surface area contributed by atoms with Gasteiger partial charge >= 0.3 is 13.6 Å². The molecule has 2 N–H and O–H groups in total. The number of amides is 1. The first-order valence-corrected chi connectivity index (χ1v) is 10.2. The summed E-state index contributed by atoms with van der Waals surface area (Å²) >= 11 is 0. The Morgan fingerprint density at radius 3 is 2.68 bits per heavy atom. The predicted molar refractivity (Wildman–Crippen MR) is 111 cm³/mol. The normalized spacial score (nSPS) is 23.6. The standard InChI is InChI=1S/C22H31BNO4/c1-3-20(25)19-13-9-5-8-12-18(16(19)2)15-28-22(26)24-21(23-27)14-17-10-6-4-7-11-17/h3-4,6-7,10-11,16,18-19,21,27H,1,5,8-9,12-15H2,2H3,(H,24,26)/t16?,18-,19?,21+/m1/s1. The second-order valence-corrected chi connectivity index (χ2v) is 7.66. The van der Waals surface area contributed by atoms with Gasteiger partial charge in [-0.1, -0.05) is 63.1 Å². The Kier molecular flexibility index (Phi) is 9.28. The molecule has 1 aliphatic rings. The third-order valence-electron chi connectivity index (χ3n) is 5.75. The van der Waals surface area contributed by atoms with Crippen LogP contribution in [-0.2, 0) is 16.0 Å². The summed E-state index contributed by atoms with van der Waals surface area (Å²) in [4.78, 5) is 24.4. The van der Waals surface area contributed by atoms with Gasteiger partial charge in [0.05, 0.1) is 6.61 Å². The van der Waals surface area contributed by atoms with E-state index < -0.39 is 12.0 Å². The van der Waals surface area contributed by atoms with E-state index in [1.165, 1.54) is 6.08 Å². The van der Waals surface area contributed by atoms with Crippen LogP contribution >= 0.6 is 0 Å². The molecule has 0 aromatic heterocycles. The fraction of sp³-hybridized carbons (Fsp3) is 0.545. The van der Waals surface area contributed by atoms with Gasteiger partial charge in [-0.3, -0.25) is 4.79 Å². The highest BCUT2D eigenvalue weighted by molar-refractivity contribution is 6.28. The van der Waals surface area contributed by atoms with Gasteiger partial charge in [-0.25, -0.2) is 4.79 Å². The van der Waals surface area contributed by atoms with Crippen molar-refractivity contribution in [3.05, 3.63) is 48.6 Å². The number of hydrogen-bond donors (Lipinski definition) is 2. The molecular formula is C22H31BNO4. The third-order valence-corrected chi connectivity index (χ3v) is 5.75. The van der Waals surface area contributed by atoms with E-state index in [1.807, 2.05) is 30.3 Å². The number of hydrogen-bond acceptors (Lipinski definition) is 4. The van der Waals surface area contributed by atoms with E-state index in [9.17, 15) is 14.6 Å². The van der Waals surface area contributed by atoms with Gasteiger partial charge < -0.3 is 15.1 Å². The fourth-order valence-electron chi connectivity index (χ4n) is 3.97. The first-order chi connectivity index (χ1) is 13.5. The van der Waals surface area contributed by atoms with Crippen LogP contribution in [0.2, 0.25) is 0 Å². The van der Waals surface area contributed by atoms with Crippen molar-refractivity contribution < 1.29 is 19.3 Å². The summed E-state index contributed by atoms with van der Waals surface area (Å²) in [5, 5.41) is 12.1. The van der Waals surface area contributed by atoms with E-state index in [-0.39, 0.29) is 30.1 Å². The Labute approximate surface area is 168 Å². The summed E-state index contributed by atoms with van der Waals surface area (Å²) in [7, 11) is 0.978. The Hall–Kier alpha value is -2.08. The van der Waals surface area contributed by atoms with Gasteiger partial charge in [0.2, 0.25) is 0 Å². The molecule has 0 spiro atoms. The number of rotatable bonds is 8. The Morgan fingerprint density at radius 2 is 2.00 bits per heavy atom.